The molecule has 1 aliphatic heterocycles. The van der Waals surface area contributed by atoms with Crippen molar-refractivity contribution in [2.24, 2.45) is 0 Å². The summed E-state index contributed by atoms with van der Waals surface area (Å²) in [5, 5.41) is 12.3. The van der Waals surface area contributed by atoms with Gasteiger partial charge in [0, 0.05) is 17.7 Å². The number of hydrogen-bond donors (Lipinski definition) is 1. The predicted octanol–water partition coefficient (Wildman–Crippen LogP) is 4.09. The van der Waals surface area contributed by atoms with Crippen molar-refractivity contribution >= 4 is 23.4 Å². The van der Waals surface area contributed by atoms with Gasteiger partial charge in [0.2, 0.25) is 5.91 Å². The van der Waals surface area contributed by atoms with Gasteiger partial charge in [-0.05, 0) is 37.5 Å². The van der Waals surface area contributed by atoms with Crippen LogP contribution in [0.1, 0.15) is 37.1 Å². The van der Waals surface area contributed by atoms with Crippen molar-refractivity contribution in [3.8, 4) is 11.5 Å². The fourth-order valence-electron chi connectivity index (χ4n) is 3.52. The van der Waals surface area contributed by atoms with Gasteiger partial charge in [-0.3, -0.25) is 4.79 Å². The highest BCUT2D eigenvalue weighted by molar-refractivity contribution is 8.00. The molecule has 8 heteroatoms. The normalized spacial score (nSPS) is 16.0. The molecule has 160 valence electrons. The maximum atomic E-state index is 12.8. The van der Waals surface area contributed by atoms with E-state index in [2.05, 4.69) is 32.2 Å². The van der Waals surface area contributed by atoms with E-state index >= 15 is 0 Å². The summed E-state index contributed by atoms with van der Waals surface area (Å²) in [6, 6.07) is 15.7. The molecule has 1 saturated carbocycles. The second-order valence-corrected chi connectivity index (χ2v) is 9.10. The zero-order valence-electron chi connectivity index (χ0n) is 17.3. The molecule has 3 aromatic rings. The van der Waals surface area contributed by atoms with Crippen molar-refractivity contribution in [3.05, 3.63) is 59.9 Å². The van der Waals surface area contributed by atoms with Gasteiger partial charge in [-0.25, -0.2) is 0 Å². The van der Waals surface area contributed by atoms with Crippen LogP contribution in [0.5, 0.6) is 11.5 Å². The van der Waals surface area contributed by atoms with E-state index in [0.717, 1.165) is 23.8 Å². The van der Waals surface area contributed by atoms with Crippen LogP contribution in [0.25, 0.3) is 0 Å². The topological polar surface area (TPSA) is 78.3 Å². The lowest BCUT2D eigenvalue weighted by Crippen LogP contribution is -2.23. The third-order valence-electron chi connectivity index (χ3n) is 5.33. The Labute approximate surface area is 185 Å². The molecule has 0 saturated heterocycles. The SMILES string of the molecule is C[C@H](Sc1nnc(C2CC2)n1Cc1ccccc1)C(=O)Nc1ccc2c(c1)OCCO2. The van der Waals surface area contributed by atoms with Gasteiger partial charge >= 0.3 is 0 Å². The van der Waals surface area contributed by atoms with Gasteiger partial charge in [0.15, 0.2) is 16.7 Å². The van der Waals surface area contributed by atoms with Crippen LogP contribution in [0.4, 0.5) is 5.69 Å². The largest absolute Gasteiger partial charge is 0.486 e. The number of nitrogens with one attached hydrogen (secondary N) is 1. The van der Waals surface area contributed by atoms with E-state index < -0.39 is 0 Å². The number of fused-ring (bicyclic) bond motifs is 1. The lowest BCUT2D eigenvalue weighted by Gasteiger charge is -2.19. The number of aromatic nitrogens is 3. The van der Waals surface area contributed by atoms with Gasteiger partial charge in [-0.1, -0.05) is 42.1 Å². The summed E-state index contributed by atoms with van der Waals surface area (Å²) >= 11 is 1.43. The number of thioether (sulfide) groups is 1. The van der Waals surface area contributed by atoms with Crippen molar-refractivity contribution in [1.29, 1.82) is 0 Å². The molecule has 2 heterocycles. The van der Waals surface area contributed by atoms with E-state index in [1.165, 1.54) is 17.3 Å². The average Bonchev–Trinajstić information content (AvgIpc) is 3.57. The quantitative estimate of drug-likeness (QED) is 0.562. The molecule has 0 spiro atoms. The Morgan fingerprint density at radius 3 is 2.68 bits per heavy atom. The van der Waals surface area contributed by atoms with Crippen LogP contribution < -0.4 is 14.8 Å². The molecule has 5 rings (SSSR count). The lowest BCUT2D eigenvalue weighted by atomic mass is 10.2. The number of ether oxygens (including phenoxy) is 2. The van der Waals surface area contributed by atoms with Crippen molar-refractivity contribution in [1.82, 2.24) is 14.8 Å². The highest BCUT2D eigenvalue weighted by Crippen LogP contribution is 2.40. The van der Waals surface area contributed by atoms with Gasteiger partial charge in [-0.2, -0.15) is 0 Å². The van der Waals surface area contributed by atoms with Crippen LogP contribution in [-0.4, -0.2) is 39.1 Å². The number of carbonyl (C=O) groups excluding carboxylic acids is 1. The van der Waals surface area contributed by atoms with E-state index in [-0.39, 0.29) is 11.2 Å². The predicted molar refractivity (Wildman–Crippen MR) is 119 cm³/mol. The first kappa shape index (κ1) is 19.9. The minimum Gasteiger partial charge on any atom is -0.486 e. The van der Waals surface area contributed by atoms with E-state index in [0.29, 0.717) is 42.9 Å². The molecule has 0 unspecified atom stereocenters. The van der Waals surface area contributed by atoms with Gasteiger partial charge in [0.25, 0.3) is 0 Å². The van der Waals surface area contributed by atoms with Crippen molar-refractivity contribution in [2.75, 3.05) is 18.5 Å². The maximum absolute atomic E-state index is 12.8. The summed E-state index contributed by atoms with van der Waals surface area (Å²) in [7, 11) is 0. The molecule has 1 aromatic heterocycles. The van der Waals surface area contributed by atoms with Crippen molar-refractivity contribution in [3.63, 3.8) is 0 Å². The molecule has 1 atom stereocenters. The molecule has 2 aliphatic rings. The molecule has 0 radical (unpaired) electrons. The van der Waals surface area contributed by atoms with Crippen LogP contribution in [0.2, 0.25) is 0 Å². The Hall–Kier alpha value is -3.00. The zero-order valence-corrected chi connectivity index (χ0v) is 18.1. The standard InChI is InChI=1S/C23H24N4O3S/c1-15(22(28)24-18-9-10-19-20(13-18)30-12-11-29-19)31-23-26-25-21(17-7-8-17)27(23)14-16-5-3-2-4-6-16/h2-6,9-10,13,15,17H,7-8,11-12,14H2,1H3,(H,24,28)/t15-/m0/s1. The minimum atomic E-state index is -0.334. The highest BCUT2D eigenvalue weighted by atomic mass is 32.2. The fraction of sp³-hybridized carbons (Fsp3) is 0.348. The third kappa shape index (κ3) is 4.54. The molecule has 1 amide bonds. The first-order valence-electron chi connectivity index (χ1n) is 10.5. The van der Waals surface area contributed by atoms with Crippen molar-refractivity contribution < 1.29 is 14.3 Å². The van der Waals surface area contributed by atoms with E-state index in [4.69, 9.17) is 9.47 Å². The van der Waals surface area contributed by atoms with Gasteiger partial charge in [0.1, 0.15) is 19.0 Å². The summed E-state index contributed by atoms with van der Waals surface area (Å²) < 4.78 is 13.3. The first-order valence-corrected chi connectivity index (χ1v) is 11.4. The van der Waals surface area contributed by atoms with Gasteiger partial charge in [-0.15, -0.1) is 10.2 Å². The average molecular weight is 437 g/mol. The number of hydrogen-bond acceptors (Lipinski definition) is 6. The lowest BCUT2D eigenvalue weighted by molar-refractivity contribution is -0.115. The Balaban J connectivity index is 1.29. The molecule has 2 aromatic carbocycles. The number of amides is 1. The summed E-state index contributed by atoms with van der Waals surface area (Å²) in [4.78, 5) is 12.8. The molecule has 7 nitrogen and oxygen atoms in total. The first-order chi connectivity index (χ1) is 15.2. The maximum Gasteiger partial charge on any atom is 0.237 e. The molecular weight excluding hydrogens is 412 g/mol. The monoisotopic (exact) mass is 436 g/mol. The van der Waals surface area contributed by atoms with E-state index in [9.17, 15) is 4.79 Å². The number of nitrogens with zero attached hydrogens (tertiary/aromatic N) is 3. The zero-order chi connectivity index (χ0) is 21.2. The van der Waals surface area contributed by atoms with Crippen LogP contribution in [0.3, 0.4) is 0 Å². The minimum absolute atomic E-state index is 0.0936. The van der Waals surface area contributed by atoms with Gasteiger partial charge in [0.05, 0.1) is 11.8 Å². The third-order valence-corrected chi connectivity index (χ3v) is 6.41. The number of anilines is 1. The summed E-state index contributed by atoms with van der Waals surface area (Å²) in [5.74, 6) is 2.76. The molecule has 0 bridgehead atoms. The summed E-state index contributed by atoms with van der Waals surface area (Å²) in [6.45, 7) is 3.64. The highest BCUT2D eigenvalue weighted by Gasteiger charge is 2.31. The Morgan fingerprint density at radius 2 is 1.90 bits per heavy atom. The smallest absolute Gasteiger partial charge is 0.237 e. The van der Waals surface area contributed by atoms with E-state index in [1.54, 1.807) is 6.07 Å². The Kier molecular flexibility index (Phi) is 5.55. The second kappa shape index (κ2) is 8.63. The number of benzene rings is 2. The molecule has 1 aliphatic carbocycles. The van der Waals surface area contributed by atoms with Crippen LogP contribution in [0, 0.1) is 0 Å². The van der Waals surface area contributed by atoms with Crippen LogP contribution in [-0.2, 0) is 11.3 Å². The summed E-state index contributed by atoms with van der Waals surface area (Å²) in [5.41, 5.74) is 1.88. The second-order valence-electron chi connectivity index (χ2n) is 7.79. The molecule has 1 N–H and O–H groups in total. The Morgan fingerprint density at radius 1 is 1.13 bits per heavy atom. The van der Waals surface area contributed by atoms with E-state index in [1.807, 2.05) is 37.3 Å². The van der Waals surface area contributed by atoms with Gasteiger partial charge < -0.3 is 19.4 Å². The van der Waals surface area contributed by atoms with Crippen molar-refractivity contribution in [2.45, 2.75) is 42.6 Å². The molecular formula is C23H24N4O3S. The Bertz CT molecular complexity index is 1080. The number of rotatable bonds is 7. The van der Waals surface area contributed by atoms with Crippen LogP contribution in [0.15, 0.2) is 53.7 Å². The fourth-order valence-corrected chi connectivity index (χ4v) is 4.38. The molecule has 1 fully saturated rings. The summed E-state index contributed by atoms with van der Waals surface area (Å²) in [6.07, 6.45) is 2.30. The van der Waals surface area contributed by atoms with Crippen LogP contribution >= 0.6 is 11.8 Å². The number of carbonyl (C=O) groups is 1. The molecule has 31 heavy (non-hydrogen) atoms.